The van der Waals surface area contributed by atoms with Crippen LogP contribution in [0.1, 0.15) is 22.3 Å². The number of hydrogen-bond acceptors (Lipinski definition) is 1. The van der Waals surface area contributed by atoms with Gasteiger partial charge in [-0.05, 0) is 45.0 Å². The van der Waals surface area contributed by atoms with Gasteiger partial charge in [0.15, 0.2) is 0 Å². The fourth-order valence-corrected chi connectivity index (χ4v) is 6.88. The summed E-state index contributed by atoms with van der Waals surface area (Å²) >= 11 is 6.86. The molecular weight excluding hydrogens is 458 g/mol. The Labute approximate surface area is 214 Å². The van der Waals surface area contributed by atoms with Gasteiger partial charge in [0.2, 0.25) is 0 Å². The van der Waals surface area contributed by atoms with Crippen molar-refractivity contribution >= 4 is 22.5 Å². The lowest BCUT2D eigenvalue weighted by Gasteiger charge is -2.31. The molecule has 1 heterocycles. The third kappa shape index (κ3) is 2.34. The van der Waals surface area contributed by atoms with Crippen LogP contribution in [0.25, 0.3) is 44.4 Å². The number of rotatable bonds is 1. The van der Waals surface area contributed by atoms with Gasteiger partial charge in [-0.15, -0.1) is 0 Å². The van der Waals surface area contributed by atoms with Gasteiger partial charge in [-0.2, -0.15) is 0 Å². The first kappa shape index (κ1) is 20.0. The Balaban J connectivity index is 1.67. The molecule has 2 heteroatoms. The second-order valence-corrected chi connectivity index (χ2v) is 10.0. The largest absolute Gasteiger partial charge is 0.246 e. The molecule has 36 heavy (non-hydrogen) atoms. The number of para-hydroxylation sites is 1. The second-order valence-electron chi connectivity index (χ2n) is 9.60. The summed E-state index contributed by atoms with van der Waals surface area (Å²) in [5.41, 5.74) is 12.8. The average molecular weight is 478 g/mol. The van der Waals surface area contributed by atoms with E-state index in [9.17, 15) is 0 Å². The van der Waals surface area contributed by atoms with Crippen LogP contribution in [0.3, 0.4) is 0 Å². The zero-order chi connectivity index (χ0) is 23.9. The van der Waals surface area contributed by atoms with Gasteiger partial charge in [-0.1, -0.05) is 127 Å². The average Bonchev–Trinajstić information content (AvgIpc) is 3.41. The Kier molecular flexibility index (Phi) is 3.99. The van der Waals surface area contributed by atoms with Gasteiger partial charge in [-0.3, -0.25) is 0 Å². The standard InChI is InChI=1S/C34H20ClN/c35-29-20-10-16-25-31-30(32(36-33(25)29)21-11-2-1-3-12-21)24-15-6-9-19-28(24)34(31)26-17-7-4-13-22(26)23-14-5-8-18-27(23)34/h1-20H. The molecule has 1 aromatic heterocycles. The first-order chi connectivity index (χ1) is 17.8. The summed E-state index contributed by atoms with van der Waals surface area (Å²) in [5.74, 6) is 0. The van der Waals surface area contributed by atoms with Gasteiger partial charge in [-0.25, -0.2) is 4.98 Å². The molecule has 6 aromatic rings. The van der Waals surface area contributed by atoms with Gasteiger partial charge < -0.3 is 0 Å². The highest BCUT2D eigenvalue weighted by molar-refractivity contribution is 6.35. The molecule has 0 fully saturated rings. The molecule has 0 aliphatic heterocycles. The minimum absolute atomic E-state index is 0.436. The fraction of sp³-hybridized carbons (Fsp3) is 0.0294. The summed E-state index contributed by atoms with van der Waals surface area (Å²) in [7, 11) is 0. The Morgan fingerprint density at radius 2 is 1.08 bits per heavy atom. The number of nitrogens with zero attached hydrogens (tertiary/aromatic N) is 1. The maximum atomic E-state index is 6.86. The maximum Gasteiger partial charge on any atom is 0.0899 e. The summed E-state index contributed by atoms with van der Waals surface area (Å²) in [6, 6.07) is 43.3. The van der Waals surface area contributed by atoms with E-state index in [4.69, 9.17) is 16.6 Å². The van der Waals surface area contributed by atoms with Crippen molar-refractivity contribution in [3.05, 3.63) is 149 Å². The van der Waals surface area contributed by atoms with Crippen molar-refractivity contribution in [1.82, 2.24) is 4.98 Å². The van der Waals surface area contributed by atoms with E-state index in [0.29, 0.717) is 5.02 Å². The quantitative estimate of drug-likeness (QED) is 0.230. The minimum atomic E-state index is -0.436. The zero-order valence-corrected chi connectivity index (χ0v) is 20.1. The monoisotopic (exact) mass is 477 g/mol. The van der Waals surface area contributed by atoms with Crippen molar-refractivity contribution in [2.45, 2.75) is 5.41 Å². The van der Waals surface area contributed by atoms with Gasteiger partial charge in [0, 0.05) is 16.5 Å². The molecule has 0 atom stereocenters. The van der Waals surface area contributed by atoms with Crippen LogP contribution in [0.2, 0.25) is 5.02 Å². The SMILES string of the molecule is Clc1cccc2c3c(c(-c4ccccc4)nc12)-c1ccccc1C31c2ccccc2-c2ccccc21. The van der Waals surface area contributed by atoms with Crippen LogP contribution in [0.4, 0.5) is 0 Å². The molecule has 0 saturated heterocycles. The van der Waals surface area contributed by atoms with Crippen molar-refractivity contribution in [3.63, 3.8) is 0 Å². The van der Waals surface area contributed by atoms with E-state index >= 15 is 0 Å². The molecule has 0 unspecified atom stereocenters. The summed E-state index contributed by atoms with van der Waals surface area (Å²) in [4.78, 5) is 5.25. The number of fused-ring (bicyclic) bond motifs is 12. The Hall–Kier alpha value is -4.20. The molecule has 0 amide bonds. The molecule has 5 aromatic carbocycles. The van der Waals surface area contributed by atoms with E-state index in [-0.39, 0.29) is 0 Å². The van der Waals surface area contributed by atoms with E-state index in [0.717, 1.165) is 22.2 Å². The molecular formula is C34H20ClN. The van der Waals surface area contributed by atoms with Crippen LogP contribution in [-0.2, 0) is 5.41 Å². The molecule has 2 aliphatic rings. The third-order valence-electron chi connectivity index (χ3n) is 7.94. The van der Waals surface area contributed by atoms with Crippen molar-refractivity contribution in [2.24, 2.45) is 0 Å². The highest BCUT2D eigenvalue weighted by Gasteiger charge is 2.53. The van der Waals surface area contributed by atoms with E-state index in [1.165, 1.54) is 44.5 Å². The lowest BCUT2D eigenvalue weighted by molar-refractivity contribution is 0.801. The van der Waals surface area contributed by atoms with Crippen LogP contribution in [0, 0.1) is 0 Å². The Morgan fingerprint density at radius 1 is 0.528 bits per heavy atom. The van der Waals surface area contributed by atoms with Gasteiger partial charge in [0.05, 0.1) is 21.6 Å². The van der Waals surface area contributed by atoms with Crippen molar-refractivity contribution in [2.75, 3.05) is 0 Å². The summed E-state index contributed by atoms with van der Waals surface area (Å²) in [6.07, 6.45) is 0. The number of hydrogen-bond donors (Lipinski definition) is 0. The molecule has 168 valence electrons. The molecule has 0 bridgehead atoms. The second kappa shape index (κ2) is 7.16. The van der Waals surface area contributed by atoms with Crippen molar-refractivity contribution in [3.8, 4) is 33.5 Å². The van der Waals surface area contributed by atoms with Gasteiger partial charge in [0.1, 0.15) is 0 Å². The molecule has 1 spiro atoms. The van der Waals surface area contributed by atoms with Crippen molar-refractivity contribution in [1.29, 1.82) is 0 Å². The van der Waals surface area contributed by atoms with Crippen LogP contribution >= 0.6 is 11.6 Å². The lowest BCUT2D eigenvalue weighted by atomic mass is 9.69. The van der Waals surface area contributed by atoms with Crippen LogP contribution < -0.4 is 0 Å². The number of halogens is 1. The molecule has 0 saturated carbocycles. The zero-order valence-electron chi connectivity index (χ0n) is 19.4. The topological polar surface area (TPSA) is 12.9 Å². The van der Waals surface area contributed by atoms with Gasteiger partial charge >= 0.3 is 0 Å². The Morgan fingerprint density at radius 3 is 1.75 bits per heavy atom. The molecule has 8 rings (SSSR count). The molecule has 2 aliphatic carbocycles. The minimum Gasteiger partial charge on any atom is -0.246 e. The Bertz CT molecular complexity index is 1810. The van der Waals surface area contributed by atoms with E-state index in [1.54, 1.807) is 0 Å². The van der Waals surface area contributed by atoms with E-state index < -0.39 is 5.41 Å². The molecule has 1 nitrogen and oxygen atoms in total. The first-order valence-electron chi connectivity index (χ1n) is 12.3. The van der Waals surface area contributed by atoms with E-state index in [1.807, 2.05) is 6.07 Å². The predicted molar refractivity (Wildman–Crippen MR) is 148 cm³/mol. The van der Waals surface area contributed by atoms with Crippen LogP contribution in [0.5, 0.6) is 0 Å². The highest BCUT2D eigenvalue weighted by Crippen LogP contribution is 2.65. The maximum absolute atomic E-state index is 6.86. The lowest BCUT2D eigenvalue weighted by Crippen LogP contribution is -2.26. The number of aromatic nitrogens is 1. The number of pyridine rings is 1. The van der Waals surface area contributed by atoms with Gasteiger partial charge in [0.25, 0.3) is 0 Å². The van der Waals surface area contributed by atoms with Crippen LogP contribution in [-0.4, -0.2) is 4.98 Å². The smallest absolute Gasteiger partial charge is 0.0899 e. The predicted octanol–water partition coefficient (Wildman–Crippen LogP) is 8.90. The summed E-state index contributed by atoms with van der Waals surface area (Å²) < 4.78 is 0. The first-order valence-corrected chi connectivity index (χ1v) is 12.7. The van der Waals surface area contributed by atoms with Crippen LogP contribution in [0.15, 0.2) is 121 Å². The third-order valence-corrected chi connectivity index (χ3v) is 8.25. The van der Waals surface area contributed by atoms with E-state index in [2.05, 4.69) is 115 Å². The number of benzene rings is 5. The van der Waals surface area contributed by atoms with Crippen molar-refractivity contribution < 1.29 is 0 Å². The summed E-state index contributed by atoms with van der Waals surface area (Å²) in [5, 5.41) is 1.79. The highest BCUT2D eigenvalue weighted by atomic mass is 35.5. The normalized spacial score (nSPS) is 13.9. The molecule has 0 radical (unpaired) electrons. The summed E-state index contributed by atoms with van der Waals surface area (Å²) in [6.45, 7) is 0. The molecule has 0 N–H and O–H groups in total. The fourth-order valence-electron chi connectivity index (χ4n) is 6.67.